The number of carbonyl (C=O) groups excluding carboxylic acids is 1. The number of amides is 2. The van der Waals surface area contributed by atoms with E-state index in [2.05, 4.69) is 10.6 Å². The predicted molar refractivity (Wildman–Crippen MR) is 85.6 cm³/mol. The summed E-state index contributed by atoms with van der Waals surface area (Å²) in [6.45, 7) is 2.98. The highest BCUT2D eigenvalue weighted by Gasteiger charge is 2.13. The van der Waals surface area contributed by atoms with E-state index in [4.69, 9.17) is 4.74 Å². The van der Waals surface area contributed by atoms with Gasteiger partial charge in [-0.15, -0.1) is 0 Å². The molecule has 1 aliphatic rings. The molecule has 1 aliphatic carbocycles. The van der Waals surface area contributed by atoms with E-state index in [1.54, 1.807) is 19.1 Å². The minimum absolute atomic E-state index is 0.196. The molecule has 122 valence electrons. The Morgan fingerprint density at radius 2 is 2.09 bits per heavy atom. The minimum Gasteiger partial charge on any atom is -0.378 e. The summed E-state index contributed by atoms with van der Waals surface area (Å²) in [5.74, 6) is -0.421. The summed E-state index contributed by atoms with van der Waals surface area (Å²) in [6.07, 6.45) is 7.30. The molecule has 0 heterocycles. The molecule has 2 N–H and O–H groups in total. The molecule has 1 aromatic carbocycles. The molecule has 5 heteroatoms. The topological polar surface area (TPSA) is 50.4 Å². The average molecular weight is 308 g/mol. The smallest absolute Gasteiger partial charge is 0.319 e. The quantitative estimate of drug-likeness (QED) is 0.781. The number of hydrogen-bond donors (Lipinski definition) is 2. The maximum Gasteiger partial charge on any atom is 0.319 e. The molecule has 1 fully saturated rings. The van der Waals surface area contributed by atoms with Gasteiger partial charge in [0.2, 0.25) is 0 Å². The summed E-state index contributed by atoms with van der Waals surface area (Å²) in [5, 5.41) is 5.23. The van der Waals surface area contributed by atoms with Crippen molar-refractivity contribution in [3.8, 4) is 0 Å². The van der Waals surface area contributed by atoms with Crippen molar-refractivity contribution in [1.29, 1.82) is 0 Å². The highest BCUT2D eigenvalue weighted by Crippen LogP contribution is 2.20. The Morgan fingerprint density at radius 1 is 1.32 bits per heavy atom. The van der Waals surface area contributed by atoms with Crippen molar-refractivity contribution in [2.45, 2.75) is 51.6 Å². The predicted octanol–water partition coefficient (Wildman–Crippen LogP) is 4.00. The van der Waals surface area contributed by atoms with Crippen molar-refractivity contribution in [2.24, 2.45) is 0 Å². The van der Waals surface area contributed by atoms with Crippen molar-refractivity contribution in [3.05, 3.63) is 29.6 Å². The molecule has 0 atom stereocenters. The third-order valence-corrected chi connectivity index (χ3v) is 3.89. The van der Waals surface area contributed by atoms with Crippen LogP contribution >= 0.6 is 0 Å². The molecule has 0 saturated heterocycles. The van der Waals surface area contributed by atoms with Gasteiger partial charge in [-0.2, -0.15) is 0 Å². The minimum atomic E-state index is -0.421. The van der Waals surface area contributed by atoms with E-state index in [-0.39, 0.29) is 11.7 Å². The monoisotopic (exact) mass is 308 g/mol. The van der Waals surface area contributed by atoms with E-state index >= 15 is 0 Å². The summed E-state index contributed by atoms with van der Waals surface area (Å²) in [5.41, 5.74) is 1.02. The largest absolute Gasteiger partial charge is 0.378 e. The molecule has 1 saturated carbocycles. The van der Waals surface area contributed by atoms with Crippen LogP contribution < -0.4 is 10.6 Å². The number of anilines is 1. The van der Waals surface area contributed by atoms with Gasteiger partial charge in [0, 0.05) is 13.2 Å². The number of benzene rings is 1. The first kappa shape index (κ1) is 16.7. The molecule has 22 heavy (non-hydrogen) atoms. The van der Waals surface area contributed by atoms with Crippen LogP contribution in [0.5, 0.6) is 0 Å². The molecule has 2 rings (SSSR count). The van der Waals surface area contributed by atoms with Crippen molar-refractivity contribution in [2.75, 3.05) is 18.5 Å². The number of hydrogen-bond acceptors (Lipinski definition) is 2. The van der Waals surface area contributed by atoms with Crippen molar-refractivity contribution >= 4 is 11.7 Å². The van der Waals surface area contributed by atoms with E-state index in [9.17, 15) is 9.18 Å². The van der Waals surface area contributed by atoms with Crippen LogP contribution in [-0.2, 0) is 4.74 Å². The Morgan fingerprint density at radius 3 is 2.82 bits per heavy atom. The molecule has 0 unspecified atom stereocenters. The molecule has 0 bridgehead atoms. The van der Waals surface area contributed by atoms with Crippen LogP contribution in [0.15, 0.2) is 18.2 Å². The first-order chi connectivity index (χ1) is 10.6. The fourth-order valence-electron chi connectivity index (χ4n) is 2.64. The number of ether oxygens (including phenoxy) is 1. The van der Waals surface area contributed by atoms with Gasteiger partial charge in [0.1, 0.15) is 5.82 Å². The van der Waals surface area contributed by atoms with Crippen LogP contribution in [0.3, 0.4) is 0 Å². The van der Waals surface area contributed by atoms with E-state index in [1.165, 1.54) is 25.3 Å². The summed E-state index contributed by atoms with van der Waals surface area (Å²) in [6, 6.07) is 4.33. The first-order valence-corrected chi connectivity index (χ1v) is 8.08. The van der Waals surface area contributed by atoms with E-state index < -0.39 is 5.82 Å². The molecule has 2 amide bonds. The Hall–Kier alpha value is -1.62. The van der Waals surface area contributed by atoms with Crippen LogP contribution in [0.2, 0.25) is 0 Å². The second-order valence-electron chi connectivity index (χ2n) is 5.85. The molecule has 0 radical (unpaired) electrons. The van der Waals surface area contributed by atoms with Gasteiger partial charge in [0.15, 0.2) is 0 Å². The zero-order valence-corrected chi connectivity index (χ0v) is 13.2. The number of carbonyl (C=O) groups is 1. The van der Waals surface area contributed by atoms with E-state index in [0.717, 1.165) is 24.8 Å². The molecule has 0 aromatic heterocycles. The third-order valence-electron chi connectivity index (χ3n) is 3.89. The Balaban J connectivity index is 1.59. The lowest BCUT2D eigenvalue weighted by atomic mass is 9.98. The number of urea groups is 1. The molecule has 0 aliphatic heterocycles. The second kappa shape index (κ2) is 8.73. The fraction of sp³-hybridized carbons (Fsp3) is 0.588. The summed E-state index contributed by atoms with van der Waals surface area (Å²) in [4.78, 5) is 11.7. The number of aryl methyl sites for hydroxylation is 1. The normalized spacial score (nSPS) is 15.5. The maximum atomic E-state index is 13.6. The van der Waals surface area contributed by atoms with Gasteiger partial charge >= 0.3 is 6.03 Å². The van der Waals surface area contributed by atoms with Crippen LogP contribution in [0, 0.1) is 12.7 Å². The van der Waals surface area contributed by atoms with Gasteiger partial charge in [-0.25, -0.2) is 9.18 Å². The molecular formula is C17H25FN2O2. The molecular weight excluding hydrogens is 283 g/mol. The summed E-state index contributed by atoms with van der Waals surface area (Å²) < 4.78 is 19.4. The highest BCUT2D eigenvalue weighted by atomic mass is 19.1. The lowest BCUT2D eigenvalue weighted by Gasteiger charge is -2.21. The van der Waals surface area contributed by atoms with Crippen molar-refractivity contribution < 1.29 is 13.9 Å². The van der Waals surface area contributed by atoms with Gasteiger partial charge in [-0.3, -0.25) is 0 Å². The standard InChI is InChI=1S/C17H25FN2O2/c1-13-8-9-16(15(18)12-13)20-17(21)19-10-5-11-22-14-6-3-2-4-7-14/h8-9,12,14H,2-7,10-11H2,1H3,(H2,19,20,21). The van der Waals surface area contributed by atoms with Gasteiger partial charge in [-0.05, 0) is 43.9 Å². The Bertz CT molecular complexity index is 488. The number of nitrogens with one attached hydrogen (secondary N) is 2. The average Bonchev–Trinajstić information content (AvgIpc) is 2.51. The molecule has 1 aromatic rings. The zero-order valence-electron chi connectivity index (χ0n) is 13.2. The van der Waals surface area contributed by atoms with Crippen LogP contribution in [0.25, 0.3) is 0 Å². The highest BCUT2D eigenvalue weighted by molar-refractivity contribution is 5.89. The van der Waals surface area contributed by atoms with E-state index in [0.29, 0.717) is 19.3 Å². The zero-order chi connectivity index (χ0) is 15.8. The van der Waals surface area contributed by atoms with E-state index in [1.807, 2.05) is 0 Å². The first-order valence-electron chi connectivity index (χ1n) is 8.08. The molecule has 0 spiro atoms. The lowest BCUT2D eigenvalue weighted by Crippen LogP contribution is -2.30. The second-order valence-corrected chi connectivity index (χ2v) is 5.85. The third kappa shape index (κ3) is 5.64. The Kier molecular flexibility index (Phi) is 6.65. The van der Waals surface area contributed by atoms with Crippen LogP contribution in [-0.4, -0.2) is 25.3 Å². The van der Waals surface area contributed by atoms with Gasteiger partial charge < -0.3 is 15.4 Å². The number of rotatable bonds is 6. The lowest BCUT2D eigenvalue weighted by molar-refractivity contribution is 0.0276. The maximum absolute atomic E-state index is 13.6. The van der Waals surface area contributed by atoms with Crippen molar-refractivity contribution in [1.82, 2.24) is 5.32 Å². The summed E-state index contributed by atoms with van der Waals surface area (Å²) in [7, 11) is 0. The summed E-state index contributed by atoms with van der Waals surface area (Å²) >= 11 is 0. The SMILES string of the molecule is Cc1ccc(NC(=O)NCCCOC2CCCCC2)c(F)c1. The van der Waals surface area contributed by atoms with Crippen molar-refractivity contribution in [3.63, 3.8) is 0 Å². The van der Waals surface area contributed by atoms with Gasteiger partial charge in [0.25, 0.3) is 0 Å². The molecule has 4 nitrogen and oxygen atoms in total. The van der Waals surface area contributed by atoms with Crippen LogP contribution in [0.4, 0.5) is 14.9 Å². The number of halogens is 1. The van der Waals surface area contributed by atoms with Crippen LogP contribution in [0.1, 0.15) is 44.1 Å². The fourth-order valence-corrected chi connectivity index (χ4v) is 2.64. The van der Waals surface area contributed by atoms with Gasteiger partial charge in [-0.1, -0.05) is 25.3 Å². The Labute approximate surface area is 131 Å². The van der Waals surface area contributed by atoms with Gasteiger partial charge in [0.05, 0.1) is 11.8 Å².